The number of urea groups is 1. The molecule has 2 rings (SSSR count). The van der Waals surface area contributed by atoms with Crippen molar-refractivity contribution in [3.05, 3.63) is 30.1 Å². The summed E-state index contributed by atoms with van der Waals surface area (Å²) < 4.78 is 19.4. The lowest BCUT2D eigenvalue weighted by molar-refractivity contribution is -0.124. The van der Waals surface area contributed by atoms with Crippen LogP contribution in [0.15, 0.2) is 29.3 Å². The summed E-state index contributed by atoms with van der Waals surface area (Å²) in [6.07, 6.45) is 0.392. The minimum absolute atomic E-state index is 0. The molecule has 1 heterocycles. The van der Waals surface area contributed by atoms with Crippen molar-refractivity contribution in [1.82, 2.24) is 20.9 Å². The highest BCUT2D eigenvalue weighted by molar-refractivity contribution is 14.0. The van der Waals surface area contributed by atoms with Crippen LogP contribution in [0.4, 0.5) is 9.18 Å². The number of hydrogen-bond acceptors (Lipinski definition) is 4. The van der Waals surface area contributed by atoms with Gasteiger partial charge in [-0.05, 0) is 25.5 Å². The smallest absolute Gasteiger partial charge is 0.324 e. The molecule has 1 atom stereocenters. The van der Waals surface area contributed by atoms with Crippen LogP contribution >= 0.6 is 24.0 Å². The molecule has 0 aromatic heterocycles. The standard InChI is InChI=1S/C18H26FN5O3.HI/c1-3-13(27-15-8-6-5-7-14(15)19)11-22-17(20-4-2)21-9-10-24-16(25)12-23-18(24)26;/h5-8,13H,3-4,9-12H2,1-2H3,(H,23,26)(H2,20,21,22);1H. The third-order valence-electron chi connectivity index (χ3n) is 3.95. The first-order valence-electron chi connectivity index (χ1n) is 9.06. The summed E-state index contributed by atoms with van der Waals surface area (Å²) in [7, 11) is 0. The van der Waals surface area contributed by atoms with E-state index in [0.717, 1.165) is 4.90 Å². The van der Waals surface area contributed by atoms with E-state index in [1.54, 1.807) is 18.2 Å². The Balaban J connectivity index is 0.00000392. The number of carbonyl (C=O) groups is 2. The van der Waals surface area contributed by atoms with Gasteiger partial charge in [-0.1, -0.05) is 19.1 Å². The predicted octanol–water partition coefficient (Wildman–Crippen LogP) is 1.71. The molecule has 1 unspecified atom stereocenters. The molecule has 0 saturated carbocycles. The Morgan fingerprint density at radius 2 is 2.07 bits per heavy atom. The van der Waals surface area contributed by atoms with Gasteiger partial charge >= 0.3 is 6.03 Å². The molecule has 0 radical (unpaired) electrons. The van der Waals surface area contributed by atoms with Crippen LogP contribution in [0.2, 0.25) is 0 Å². The quantitative estimate of drug-likeness (QED) is 0.205. The molecule has 10 heteroatoms. The number of halogens is 2. The summed E-state index contributed by atoms with van der Waals surface area (Å²) in [5, 5.41) is 8.64. The number of imide groups is 1. The molecule has 156 valence electrons. The van der Waals surface area contributed by atoms with Gasteiger partial charge in [0.15, 0.2) is 17.5 Å². The van der Waals surface area contributed by atoms with Gasteiger partial charge in [-0.3, -0.25) is 9.69 Å². The summed E-state index contributed by atoms with van der Waals surface area (Å²) in [5.41, 5.74) is 0. The third-order valence-corrected chi connectivity index (χ3v) is 3.95. The number of hydrogen-bond donors (Lipinski definition) is 3. The van der Waals surface area contributed by atoms with Gasteiger partial charge in [0.1, 0.15) is 6.10 Å². The highest BCUT2D eigenvalue weighted by Crippen LogP contribution is 2.18. The van der Waals surface area contributed by atoms with E-state index in [1.807, 2.05) is 13.8 Å². The molecule has 1 aliphatic heterocycles. The summed E-state index contributed by atoms with van der Waals surface area (Å²) in [4.78, 5) is 28.7. The lowest BCUT2D eigenvalue weighted by atomic mass is 10.2. The van der Waals surface area contributed by atoms with Gasteiger partial charge in [-0.15, -0.1) is 24.0 Å². The predicted molar refractivity (Wildman–Crippen MR) is 116 cm³/mol. The summed E-state index contributed by atoms with van der Waals surface area (Å²) >= 11 is 0. The van der Waals surface area contributed by atoms with Crippen molar-refractivity contribution in [2.24, 2.45) is 4.99 Å². The van der Waals surface area contributed by atoms with E-state index >= 15 is 0 Å². The van der Waals surface area contributed by atoms with E-state index in [9.17, 15) is 14.0 Å². The molecule has 0 spiro atoms. The van der Waals surface area contributed by atoms with Crippen molar-refractivity contribution < 1.29 is 18.7 Å². The van der Waals surface area contributed by atoms with Crippen LogP contribution in [0.25, 0.3) is 0 Å². The molecular formula is C18H27FIN5O3. The number of guanidine groups is 1. The molecule has 3 N–H and O–H groups in total. The van der Waals surface area contributed by atoms with E-state index in [-0.39, 0.29) is 60.9 Å². The topological polar surface area (TPSA) is 95.1 Å². The highest BCUT2D eigenvalue weighted by atomic mass is 127. The van der Waals surface area contributed by atoms with Crippen LogP contribution in [0.3, 0.4) is 0 Å². The Hall–Kier alpha value is -2.11. The molecule has 1 aromatic carbocycles. The van der Waals surface area contributed by atoms with E-state index in [1.165, 1.54) is 6.07 Å². The van der Waals surface area contributed by atoms with Crippen LogP contribution in [0.5, 0.6) is 5.75 Å². The molecular weight excluding hydrogens is 480 g/mol. The fourth-order valence-electron chi connectivity index (χ4n) is 2.47. The lowest BCUT2D eigenvalue weighted by Crippen LogP contribution is -2.43. The van der Waals surface area contributed by atoms with E-state index in [4.69, 9.17) is 4.74 Å². The molecule has 1 aromatic rings. The fourth-order valence-corrected chi connectivity index (χ4v) is 2.47. The van der Waals surface area contributed by atoms with Crippen molar-refractivity contribution in [3.63, 3.8) is 0 Å². The second-order valence-corrected chi connectivity index (χ2v) is 5.93. The minimum Gasteiger partial charge on any atom is -0.485 e. The van der Waals surface area contributed by atoms with Gasteiger partial charge in [-0.25, -0.2) is 14.2 Å². The molecule has 0 bridgehead atoms. The first kappa shape index (κ1) is 23.9. The van der Waals surface area contributed by atoms with Crippen molar-refractivity contribution in [1.29, 1.82) is 0 Å². The number of aliphatic imine (C=N–C) groups is 1. The van der Waals surface area contributed by atoms with E-state index in [0.29, 0.717) is 32.0 Å². The Kier molecular flexibility index (Phi) is 10.6. The Bertz CT molecular complexity index is 673. The minimum atomic E-state index is -0.404. The average Bonchev–Trinajstić information content (AvgIpc) is 2.98. The van der Waals surface area contributed by atoms with Crippen LogP contribution in [0.1, 0.15) is 20.3 Å². The van der Waals surface area contributed by atoms with E-state index in [2.05, 4.69) is 20.9 Å². The zero-order chi connectivity index (χ0) is 19.6. The zero-order valence-corrected chi connectivity index (χ0v) is 18.4. The molecule has 3 amide bonds. The maximum Gasteiger partial charge on any atom is 0.324 e. The fraction of sp³-hybridized carbons (Fsp3) is 0.500. The number of para-hydroxylation sites is 1. The first-order chi connectivity index (χ1) is 13.0. The first-order valence-corrected chi connectivity index (χ1v) is 9.06. The number of amides is 3. The summed E-state index contributed by atoms with van der Waals surface area (Å²) in [6, 6.07) is 5.89. The second kappa shape index (κ2) is 12.4. The molecule has 8 nitrogen and oxygen atoms in total. The average molecular weight is 507 g/mol. The van der Waals surface area contributed by atoms with Gasteiger partial charge in [0.25, 0.3) is 0 Å². The number of carbonyl (C=O) groups excluding carboxylic acids is 2. The largest absolute Gasteiger partial charge is 0.485 e. The summed E-state index contributed by atoms with van der Waals surface area (Å²) in [5.74, 6) is 0.0998. The van der Waals surface area contributed by atoms with Gasteiger partial charge in [0.2, 0.25) is 5.91 Å². The van der Waals surface area contributed by atoms with Gasteiger partial charge in [0, 0.05) is 19.6 Å². The van der Waals surface area contributed by atoms with Crippen molar-refractivity contribution in [2.45, 2.75) is 26.4 Å². The lowest BCUT2D eigenvalue weighted by Gasteiger charge is -2.18. The van der Waals surface area contributed by atoms with Gasteiger partial charge in [-0.2, -0.15) is 0 Å². The van der Waals surface area contributed by atoms with Crippen molar-refractivity contribution >= 4 is 41.9 Å². The van der Waals surface area contributed by atoms with Gasteiger partial charge in [0.05, 0.1) is 13.1 Å². The van der Waals surface area contributed by atoms with Crippen molar-refractivity contribution in [2.75, 3.05) is 32.7 Å². The molecule has 0 aliphatic carbocycles. The monoisotopic (exact) mass is 507 g/mol. The van der Waals surface area contributed by atoms with Crippen LogP contribution in [-0.2, 0) is 4.79 Å². The molecule has 1 aliphatic rings. The van der Waals surface area contributed by atoms with Crippen molar-refractivity contribution in [3.8, 4) is 5.75 Å². The summed E-state index contributed by atoms with van der Waals surface area (Å²) in [6.45, 7) is 5.52. The normalized spacial score (nSPS) is 15.0. The number of nitrogens with zero attached hydrogens (tertiary/aromatic N) is 2. The Morgan fingerprint density at radius 1 is 1.32 bits per heavy atom. The van der Waals surface area contributed by atoms with Crippen LogP contribution in [-0.4, -0.2) is 61.6 Å². The molecule has 28 heavy (non-hydrogen) atoms. The second-order valence-electron chi connectivity index (χ2n) is 5.93. The highest BCUT2D eigenvalue weighted by Gasteiger charge is 2.27. The number of ether oxygens (including phenoxy) is 1. The molecule has 1 saturated heterocycles. The van der Waals surface area contributed by atoms with Gasteiger partial charge < -0.3 is 20.7 Å². The number of nitrogens with one attached hydrogen (secondary N) is 3. The SMILES string of the molecule is CCNC(=NCC(CC)Oc1ccccc1F)NCCN1C(=O)CNC1=O.I. The maximum atomic E-state index is 13.7. The third kappa shape index (κ3) is 7.13. The molecule has 1 fully saturated rings. The number of rotatable bonds is 9. The number of benzene rings is 1. The zero-order valence-electron chi connectivity index (χ0n) is 16.0. The van der Waals surface area contributed by atoms with Crippen LogP contribution in [0, 0.1) is 5.82 Å². The van der Waals surface area contributed by atoms with E-state index < -0.39 is 5.82 Å². The Labute approximate surface area is 181 Å². The maximum absolute atomic E-state index is 13.7. The van der Waals surface area contributed by atoms with Crippen LogP contribution < -0.4 is 20.7 Å². The Morgan fingerprint density at radius 3 is 2.68 bits per heavy atom.